The van der Waals surface area contributed by atoms with Crippen molar-refractivity contribution in [2.45, 2.75) is 130 Å². The standard InChI is InChI=1S/C27H60NO3Si/c1-7-10-11-12-13-14-15-16-17-18-19-20-21-25-28(23-8-2,24-9-3)26-22-27-32(29-4,30-5)31-6/h7-27H2,1-6H3/q+1. The molecule has 0 aliphatic heterocycles. The van der Waals surface area contributed by atoms with Crippen LogP contribution < -0.4 is 0 Å². The van der Waals surface area contributed by atoms with Crippen molar-refractivity contribution in [3.05, 3.63) is 0 Å². The van der Waals surface area contributed by atoms with Gasteiger partial charge in [-0.05, 0) is 25.7 Å². The molecule has 0 aromatic carbocycles. The van der Waals surface area contributed by atoms with Gasteiger partial charge in [0.2, 0.25) is 0 Å². The highest BCUT2D eigenvalue weighted by molar-refractivity contribution is 6.60. The molecule has 0 saturated heterocycles. The smallest absolute Gasteiger partial charge is 0.377 e. The van der Waals surface area contributed by atoms with Crippen molar-refractivity contribution in [2.75, 3.05) is 47.5 Å². The third-order valence-corrected chi connectivity index (χ3v) is 10.0. The van der Waals surface area contributed by atoms with E-state index in [1.165, 1.54) is 127 Å². The molecule has 32 heavy (non-hydrogen) atoms. The molecule has 0 amide bonds. The van der Waals surface area contributed by atoms with E-state index >= 15 is 0 Å². The van der Waals surface area contributed by atoms with Gasteiger partial charge in [0.15, 0.2) is 0 Å². The second-order valence-electron chi connectivity index (χ2n) is 9.88. The summed E-state index contributed by atoms with van der Waals surface area (Å²) in [5, 5.41) is 0. The van der Waals surface area contributed by atoms with E-state index in [0.717, 1.165) is 12.5 Å². The van der Waals surface area contributed by atoms with Crippen LogP contribution in [-0.2, 0) is 13.3 Å². The number of nitrogens with zero attached hydrogens (tertiary/aromatic N) is 1. The summed E-state index contributed by atoms with van der Waals surface area (Å²) in [6, 6.07) is 0.919. The maximum Gasteiger partial charge on any atom is 0.500 e. The Kier molecular flexibility index (Phi) is 21.6. The molecule has 0 aliphatic rings. The molecule has 0 saturated carbocycles. The predicted molar refractivity (Wildman–Crippen MR) is 142 cm³/mol. The fraction of sp³-hybridized carbons (Fsp3) is 1.00. The van der Waals surface area contributed by atoms with Gasteiger partial charge in [-0.2, -0.15) is 0 Å². The van der Waals surface area contributed by atoms with Crippen LogP contribution in [0.1, 0.15) is 124 Å². The van der Waals surface area contributed by atoms with Crippen molar-refractivity contribution in [2.24, 2.45) is 0 Å². The minimum Gasteiger partial charge on any atom is -0.377 e. The first-order valence-electron chi connectivity index (χ1n) is 14.1. The lowest BCUT2D eigenvalue weighted by molar-refractivity contribution is -0.928. The Morgan fingerprint density at radius 3 is 1.19 bits per heavy atom. The maximum atomic E-state index is 5.64. The zero-order valence-electron chi connectivity index (χ0n) is 23.0. The normalized spacial score (nSPS) is 12.6. The molecular formula is C27H60NO3Si+. The van der Waals surface area contributed by atoms with Gasteiger partial charge in [0.1, 0.15) is 0 Å². The van der Waals surface area contributed by atoms with Gasteiger partial charge in [0.25, 0.3) is 0 Å². The monoisotopic (exact) mass is 474 g/mol. The minimum atomic E-state index is -2.44. The van der Waals surface area contributed by atoms with Gasteiger partial charge in [-0.15, -0.1) is 0 Å². The van der Waals surface area contributed by atoms with Crippen LogP contribution in [0.15, 0.2) is 0 Å². The summed E-state index contributed by atoms with van der Waals surface area (Å²) in [5.41, 5.74) is 0. The molecule has 0 aromatic heterocycles. The van der Waals surface area contributed by atoms with Crippen molar-refractivity contribution in [3.63, 3.8) is 0 Å². The molecule has 4 nitrogen and oxygen atoms in total. The molecule has 0 N–H and O–H groups in total. The lowest BCUT2D eigenvalue weighted by Crippen LogP contribution is -2.51. The van der Waals surface area contributed by atoms with Gasteiger partial charge in [-0.25, -0.2) is 0 Å². The molecule has 0 unspecified atom stereocenters. The van der Waals surface area contributed by atoms with E-state index in [1.807, 2.05) is 0 Å². The third kappa shape index (κ3) is 15.1. The second kappa shape index (κ2) is 21.6. The van der Waals surface area contributed by atoms with Gasteiger partial charge < -0.3 is 17.8 Å². The van der Waals surface area contributed by atoms with Gasteiger partial charge >= 0.3 is 8.80 Å². The Labute approximate surface area is 203 Å². The zero-order chi connectivity index (χ0) is 24.0. The fourth-order valence-corrected chi connectivity index (χ4v) is 6.98. The highest BCUT2D eigenvalue weighted by Crippen LogP contribution is 2.21. The average molecular weight is 475 g/mol. The highest BCUT2D eigenvalue weighted by Gasteiger charge is 2.38. The van der Waals surface area contributed by atoms with Crippen molar-refractivity contribution in [3.8, 4) is 0 Å². The van der Waals surface area contributed by atoms with Gasteiger partial charge in [0, 0.05) is 33.8 Å². The van der Waals surface area contributed by atoms with Gasteiger partial charge in [0.05, 0.1) is 26.2 Å². The average Bonchev–Trinajstić information content (AvgIpc) is 2.80. The summed E-state index contributed by atoms with van der Waals surface area (Å²) in [4.78, 5) is 0. The second-order valence-corrected chi connectivity index (χ2v) is 13.0. The van der Waals surface area contributed by atoms with Crippen molar-refractivity contribution in [1.29, 1.82) is 0 Å². The quantitative estimate of drug-likeness (QED) is 0.0762. The van der Waals surface area contributed by atoms with E-state index in [1.54, 1.807) is 21.3 Å². The van der Waals surface area contributed by atoms with E-state index in [-0.39, 0.29) is 0 Å². The number of quaternary nitrogens is 1. The van der Waals surface area contributed by atoms with Gasteiger partial charge in [-0.1, -0.05) is 91.4 Å². The molecule has 0 spiro atoms. The Hall–Kier alpha value is 0.0569. The zero-order valence-corrected chi connectivity index (χ0v) is 24.0. The SMILES string of the molecule is CCCCCCCCCCCCCCC[N+](CCC)(CCC)CCC[Si](OC)(OC)OC. The molecule has 194 valence electrons. The lowest BCUT2D eigenvalue weighted by Gasteiger charge is -2.39. The Morgan fingerprint density at radius 2 is 0.812 bits per heavy atom. The first kappa shape index (κ1) is 32.1. The number of hydrogen-bond acceptors (Lipinski definition) is 3. The highest BCUT2D eigenvalue weighted by atomic mass is 28.4. The van der Waals surface area contributed by atoms with Crippen LogP contribution in [0.2, 0.25) is 6.04 Å². The predicted octanol–water partition coefficient (Wildman–Crippen LogP) is 7.98. The third-order valence-electron chi connectivity index (χ3n) is 7.18. The molecular weight excluding hydrogens is 414 g/mol. The van der Waals surface area contributed by atoms with E-state index in [2.05, 4.69) is 20.8 Å². The Bertz CT molecular complexity index is 377. The first-order valence-corrected chi connectivity index (χ1v) is 16.0. The summed E-state index contributed by atoms with van der Waals surface area (Å²) in [6.07, 6.45) is 22.2. The minimum absolute atomic E-state index is 0.919. The topological polar surface area (TPSA) is 27.7 Å². The van der Waals surface area contributed by atoms with Crippen LogP contribution >= 0.6 is 0 Å². The van der Waals surface area contributed by atoms with Crippen LogP contribution in [0, 0.1) is 0 Å². The molecule has 0 aromatic rings. The molecule has 0 rings (SSSR count). The molecule has 0 bridgehead atoms. The summed E-state index contributed by atoms with van der Waals surface area (Å²) >= 11 is 0. The van der Waals surface area contributed by atoms with Crippen LogP contribution in [-0.4, -0.2) is 60.8 Å². The molecule has 0 radical (unpaired) electrons. The first-order chi connectivity index (χ1) is 15.6. The number of hydrogen-bond donors (Lipinski definition) is 0. The van der Waals surface area contributed by atoms with E-state index in [4.69, 9.17) is 13.3 Å². The Balaban J connectivity index is 4.14. The van der Waals surface area contributed by atoms with Crippen LogP contribution in [0.4, 0.5) is 0 Å². The van der Waals surface area contributed by atoms with Crippen molar-refractivity contribution >= 4 is 8.80 Å². The Morgan fingerprint density at radius 1 is 0.438 bits per heavy atom. The van der Waals surface area contributed by atoms with Crippen molar-refractivity contribution in [1.82, 2.24) is 0 Å². The molecule has 0 heterocycles. The maximum absolute atomic E-state index is 5.64. The molecule has 0 atom stereocenters. The summed E-state index contributed by atoms with van der Waals surface area (Å²) in [5.74, 6) is 0. The largest absolute Gasteiger partial charge is 0.500 e. The number of unbranched alkanes of at least 4 members (excludes halogenated alkanes) is 12. The summed E-state index contributed by atoms with van der Waals surface area (Å²) < 4.78 is 18.2. The molecule has 0 fully saturated rings. The van der Waals surface area contributed by atoms with Crippen LogP contribution in [0.25, 0.3) is 0 Å². The number of rotatable bonds is 25. The molecule has 0 aliphatic carbocycles. The van der Waals surface area contributed by atoms with Crippen LogP contribution in [0.3, 0.4) is 0 Å². The van der Waals surface area contributed by atoms with E-state index in [9.17, 15) is 0 Å². The lowest BCUT2D eigenvalue weighted by atomic mass is 10.0. The summed E-state index contributed by atoms with van der Waals surface area (Å²) in [6.45, 7) is 12.1. The van der Waals surface area contributed by atoms with Crippen LogP contribution in [0.5, 0.6) is 0 Å². The summed E-state index contributed by atoms with van der Waals surface area (Å²) in [7, 11) is 2.74. The van der Waals surface area contributed by atoms with E-state index < -0.39 is 8.80 Å². The van der Waals surface area contributed by atoms with E-state index in [0.29, 0.717) is 0 Å². The van der Waals surface area contributed by atoms with Crippen molar-refractivity contribution < 1.29 is 17.8 Å². The van der Waals surface area contributed by atoms with Gasteiger partial charge in [-0.3, -0.25) is 0 Å². The molecule has 5 heteroatoms. The fourth-order valence-electron chi connectivity index (χ4n) is 5.27.